The first-order chi connectivity index (χ1) is 12.4. The van der Waals surface area contributed by atoms with Gasteiger partial charge in [-0.1, -0.05) is 12.1 Å². The number of hydrogen-bond acceptors (Lipinski definition) is 5. The molecule has 3 rings (SSSR count). The van der Waals surface area contributed by atoms with E-state index >= 15 is 0 Å². The lowest BCUT2D eigenvalue weighted by Gasteiger charge is -2.15. The molecule has 1 aromatic heterocycles. The number of amides is 1. The number of carboxylic acids is 1. The van der Waals surface area contributed by atoms with Gasteiger partial charge in [0.15, 0.2) is 0 Å². The largest absolute Gasteiger partial charge is 0.481 e. The second-order valence-electron chi connectivity index (χ2n) is 5.95. The Morgan fingerprint density at radius 1 is 1.19 bits per heavy atom. The first-order valence-electron chi connectivity index (χ1n) is 8.07. The molecule has 0 bridgehead atoms. The van der Waals surface area contributed by atoms with Crippen molar-refractivity contribution in [2.24, 2.45) is 0 Å². The molecule has 2 aromatic rings. The van der Waals surface area contributed by atoms with Crippen molar-refractivity contribution in [1.82, 2.24) is 4.31 Å². The van der Waals surface area contributed by atoms with Gasteiger partial charge in [-0.3, -0.25) is 9.59 Å². The number of sulfonamides is 1. The second kappa shape index (κ2) is 7.56. The van der Waals surface area contributed by atoms with Crippen LogP contribution in [0.4, 0.5) is 5.69 Å². The number of nitrogens with one attached hydrogen (secondary N) is 1. The molecule has 0 radical (unpaired) electrons. The van der Waals surface area contributed by atoms with E-state index in [0.717, 1.165) is 24.2 Å². The first kappa shape index (κ1) is 18.6. The van der Waals surface area contributed by atoms with Crippen LogP contribution in [0.1, 0.15) is 28.1 Å². The maximum Gasteiger partial charge on any atom is 0.307 e. The van der Waals surface area contributed by atoms with Crippen molar-refractivity contribution in [2.45, 2.75) is 24.2 Å². The van der Waals surface area contributed by atoms with E-state index in [1.54, 1.807) is 29.6 Å². The SMILES string of the molecule is O=C(O)Cc1cccc(NC(=O)c2sccc2S(=O)(=O)N2CCCC2)c1. The molecule has 2 heterocycles. The summed E-state index contributed by atoms with van der Waals surface area (Å²) in [5, 5.41) is 13.1. The fourth-order valence-electron chi connectivity index (χ4n) is 2.86. The highest BCUT2D eigenvalue weighted by molar-refractivity contribution is 7.89. The maximum absolute atomic E-state index is 12.7. The standard InChI is InChI=1S/C17H18N2O5S2/c20-15(21)11-12-4-3-5-13(10-12)18-17(22)16-14(6-9-25-16)26(23,24)19-7-1-2-8-19/h3-6,9-10H,1-2,7-8,11H2,(H,18,22)(H,20,21). The molecule has 1 aliphatic rings. The predicted molar refractivity (Wildman–Crippen MR) is 98.0 cm³/mol. The number of carbonyl (C=O) groups is 2. The second-order valence-corrected chi connectivity index (χ2v) is 8.77. The molecule has 26 heavy (non-hydrogen) atoms. The van der Waals surface area contributed by atoms with Crippen molar-refractivity contribution in [1.29, 1.82) is 0 Å². The summed E-state index contributed by atoms with van der Waals surface area (Å²) in [4.78, 5) is 23.5. The van der Waals surface area contributed by atoms with Gasteiger partial charge in [-0.25, -0.2) is 8.42 Å². The Balaban J connectivity index is 1.82. The number of hydrogen-bond donors (Lipinski definition) is 2. The van der Waals surface area contributed by atoms with Gasteiger partial charge in [-0.2, -0.15) is 4.31 Å². The minimum Gasteiger partial charge on any atom is -0.481 e. The third-order valence-electron chi connectivity index (χ3n) is 4.06. The summed E-state index contributed by atoms with van der Waals surface area (Å²) < 4.78 is 26.9. The Morgan fingerprint density at radius 3 is 2.62 bits per heavy atom. The number of carboxylic acid groups (broad SMARTS) is 1. The highest BCUT2D eigenvalue weighted by Crippen LogP contribution is 2.28. The summed E-state index contributed by atoms with van der Waals surface area (Å²) in [5.74, 6) is -1.49. The van der Waals surface area contributed by atoms with Crippen LogP contribution in [0.15, 0.2) is 40.6 Å². The number of aliphatic carboxylic acids is 1. The van der Waals surface area contributed by atoms with E-state index in [1.807, 2.05) is 0 Å². The molecule has 9 heteroatoms. The lowest BCUT2D eigenvalue weighted by molar-refractivity contribution is -0.136. The van der Waals surface area contributed by atoms with Crippen LogP contribution in [0.3, 0.4) is 0 Å². The minimum absolute atomic E-state index is 0.0172. The van der Waals surface area contributed by atoms with Crippen LogP contribution in [0.25, 0.3) is 0 Å². The van der Waals surface area contributed by atoms with Gasteiger partial charge in [0, 0.05) is 18.8 Å². The van der Waals surface area contributed by atoms with Gasteiger partial charge in [-0.05, 0) is 42.0 Å². The summed E-state index contributed by atoms with van der Waals surface area (Å²) in [6.45, 7) is 0.937. The molecule has 1 aliphatic heterocycles. The van der Waals surface area contributed by atoms with Crippen molar-refractivity contribution in [2.75, 3.05) is 18.4 Å². The van der Waals surface area contributed by atoms with E-state index in [9.17, 15) is 18.0 Å². The molecule has 0 unspecified atom stereocenters. The highest BCUT2D eigenvalue weighted by Gasteiger charge is 2.31. The zero-order valence-corrected chi connectivity index (χ0v) is 15.5. The number of nitrogens with zero attached hydrogens (tertiary/aromatic N) is 1. The Bertz CT molecular complexity index is 930. The van der Waals surface area contributed by atoms with Crippen LogP contribution in [-0.4, -0.2) is 42.8 Å². The van der Waals surface area contributed by atoms with E-state index in [1.165, 1.54) is 10.4 Å². The van der Waals surface area contributed by atoms with Crippen LogP contribution >= 0.6 is 11.3 Å². The summed E-state index contributed by atoms with van der Waals surface area (Å²) in [7, 11) is -3.68. The normalized spacial score (nSPS) is 15.1. The quantitative estimate of drug-likeness (QED) is 0.783. The number of rotatable bonds is 6. The zero-order chi connectivity index (χ0) is 18.7. The monoisotopic (exact) mass is 394 g/mol. The van der Waals surface area contributed by atoms with Crippen LogP contribution < -0.4 is 5.32 Å². The molecule has 7 nitrogen and oxygen atoms in total. The number of benzene rings is 1. The number of carbonyl (C=O) groups excluding carboxylic acids is 1. The molecule has 0 aliphatic carbocycles. The van der Waals surface area contributed by atoms with Gasteiger partial charge >= 0.3 is 5.97 Å². The van der Waals surface area contributed by atoms with Gasteiger partial charge in [0.1, 0.15) is 9.77 Å². The Kier molecular flexibility index (Phi) is 5.40. The molecule has 2 N–H and O–H groups in total. The van der Waals surface area contributed by atoms with Crippen molar-refractivity contribution in [3.05, 3.63) is 46.2 Å². The topological polar surface area (TPSA) is 104 Å². The zero-order valence-electron chi connectivity index (χ0n) is 13.8. The molecular weight excluding hydrogens is 376 g/mol. The smallest absolute Gasteiger partial charge is 0.307 e. The van der Waals surface area contributed by atoms with E-state index in [0.29, 0.717) is 24.3 Å². The Hall–Kier alpha value is -2.23. The van der Waals surface area contributed by atoms with Gasteiger partial charge in [0.05, 0.1) is 6.42 Å². The number of anilines is 1. The van der Waals surface area contributed by atoms with Gasteiger partial charge in [0.2, 0.25) is 10.0 Å². The predicted octanol–water partition coefficient (Wildman–Crippen LogP) is 2.41. The molecule has 138 valence electrons. The molecule has 1 aromatic carbocycles. The summed E-state index contributed by atoms with van der Waals surface area (Å²) in [5.41, 5.74) is 0.970. The van der Waals surface area contributed by atoms with Gasteiger partial charge < -0.3 is 10.4 Å². The molecule has 1 fully saturated rings. The minimum atomic E-state index is -3.68. The average Bonchev–Trinajstić information content (AvgIpc) is 3.27. The fraction of sp³-hybridized carbons (Fsp3) is 0.294. The molecule has 0 spiro atoms. The Morgan fingerprint density at radius 2 is 1.92 bits per heavy atom. The fourth-order valence-corrected chi connectivity index (χ4v) is 5.67. The average molecular weight is 394 g/mol. The molecule has 0 atom stereocenters. The van der Waals surface area contributed by atoms with E-state index < -0.39 is 21.9 Å². The van der Waals surface area contributed by atoms with Crippen LogP contribution in [0.2, 0.25) is 0 Å². The lowest BCUT2D eigenvalue weighted by Crippen LogP contribution is -2.29. The maximum atomic E-state index is 12.7. The highest BCUT2D eigenvalue weighted by atomic mass is 32.2. The van der Waals surface area contributed by atoms with Gasteiger partial charge in [-0.15, -0.1) is 11.3 Å². The van der Waals surface area contributed by atoms with Crippen LogP contribution in [0.5, 0.6) is 0 Å². The summed E-state index contributed by atoms with van der Waals surface area (Å²) >= 11 is 1.07. The summed E-state index contributed by atoms with van der Waals surface area (Å²) in [6, 6.07) is 7.94. The molecular formula is C17H18N2O5S2. The third kappa shape index (κ3) is 3.95. The van der Waals surface area contributed by atoms with E-state index in [-0.39, 0.29) is 16.2 Å². The van der Waals surface area contributed by atoms with E-state index in [4.69, 9.17) is 5.11 Å². The number of thiophene rings is 1. The van der Waals surface area contributed by atoms with Crippen molar-refractivity contribution in [3.8, 4) is 0 Å². The van der Waals surface area contributed by atoms with Crippen LogP contribution in [-0.2, 0) is 21.2 Å². The molecule has 1 amide bonds. The lowest BCUT2D eigenvalue weighted by atomic mass is 10.1. The van der Waals surface area contributed by atoms with Crippen molar-refractivity contribution < 1.29 is 23.1 Å². The summed E-state index contributed by atoms with van der Waals surface area (Å²) in [6.07, 6.45) is 1.49. The van der Waals surface area contributed by atoms with Crippen LogP contribution in [0, 0.1) is 0 Å². The molecule has 0 saturated carbocycles. The third-order valence-corrected chi connectivity index (χ3v) is 7.04. The van der Waals surface area contributed by atoms with Gasteiger partial charge in [0.25, 0.3) is 5.91 Å². The van der Waals surface area contributed by atoms with Crippen molar-refractivity contribution in [3.63, 3.8) is 0 Å². The first-order valence-corrected chi connectivity index (χ1v) is 10.4. The van der Waals surface area contributed by atoms with E-state index in [2.05, 4.69) is 5.32 Å². The Labute approximate surface area is 155 Å². The molecule has 1 saturated heterocycles. The van der Waals surface area contributed by atoms with Crippen molar-refractivity contribution >= 4 is 38.9 Å².